The third-order valence-electron chi connectivity index (χ3n) is 4.12. The Morgan fingerprint density at radius 1 is 1.40 bits per heavy atom. The van der Waals surface area contributed by atoms with Gasteiger partial charge in [0, 0.05) is 31.7 Å². The topological polar surface area (TPSA) is 49.6 Å². The van der Waals surface area contributed by atoms with Crippen molar-refractivity contribution in [1.82, 2.24) is 9.80 Å². The van der Waals surface area contributed by atoms with Crippen LogP contribution in [0.1, 0.15) is 29.3 Å². The number of benzene rings is 1. The van der Waals surface area contributed by atoms with Crippen molar-refractivity contribution in [2.45, 2.75) is 19.9 Å². The van der Waals surface area contributed by atoms with E-state index in [0.717, 1.165) is 43.7 Å². The quantitative estimate of drug-likeness (QED) is 0.887. The van der Waals surface area contributed by atoms with E-state index in [-0.39, 0.29) is 5.91 Å². The van der Waals surface area contributed by atoms with Gasteiger partial charge in [0.1, 0.15) is 0 Å². The Labute approximate surface area is 121 Å². The lowest BCUT2D eigenvalue weighted by molar-refractivity contribution is 0.0784. The predicted octanol–water partition coefficient (Wildman–Crippen LogP) is 1.56. The Hall–Kier alpha value is -1.39. The van der Waals surface area contributed by atoms with Gasteiger partial charge in [-0.3, -0.25) is 4.79 Å². The van der Waals surface area contributed by atoms with E-state index in [1.807, 2.05) is 29.2 Å². The van der Waals surface area contributed by atoms with Crippen LogP contribution in [0.2, 0.25) is 0 Å². The van der Waals surface area contributed by atoms with Crippen LogP contribution in [0.3, 0.4) is 0 Å². The van der Waals surface area contributed by atoms with Crippen molar-refractivity contribution in [1.29, 1.82) is 0 Å². The normalized spacial score (nSPS) is 18.8. The standard InChI is InChI=1S/C16H25N3O/c1-3-18(2)11-14-8-9-19(12-14)16(20)15-6-4-13(10-17)5-7-15/h4-7,14H,3,8-12,17H2,1-2H3. The van der Waals surface area contributed by atoms with Gasteiger partial charge in [-0.2, -0.15) is 0 Å². The summed E-state index contributed by atoms with van der Waals surface area (Å²) in [5.74, 6) is 0.752. The molecule has 1 aromatic carbocycles. The van der Waals surface area contributed by atoms with Gasteiger partial charge in [0.15, 0.2) is 0 Å². The molecule has 1 fully saturated rings. The predicted molar refractivity (Wildman–Crippen MR) is 81.5 cm³/mol. The number of amides is 1. The Morgan fingerprint density at radius 3 is 2.70 bits per heavy atom. The highest BCUT2D eigenvalue weighted by atomic mass is 16.2. The summed E-state index contributed by atoms with van der Waals surface area (Å²) in [5, 5.41) is 0. The minimum Gasteiger partial charge on any atom is -0.338 e. The molecular weight excluding hydrogens is 250 g/mol. The highest BCUT2D eigenvalue weighted by Gasteiger charge is 2.27. The first-order chi connectivity index (χ1) is 9.63. The first kappa shape index (κ1) is 15.0. The van der Waals surface area contributed by atoms with Gasteiger partial charge in [-0.15, -0.1) is 0 Å². The maximum atomic E-state index is 12.4. The third-order valence-corrected chi connectivity index (χ3v) is 4.12. The Morgan fingerprint density at radius 2 is 2.10 bits per heavy atom. The summed E-state index contributed by atoms with van der Waals surface area (Å²) in [6.45, 7) is 6.57. The third kappa shape index (κ3) is 3.58. The SMILES string of the molecule is CCN(C)CC1CCN(C(=O)c2ccc(CN)cc2)C1. The van der Waals surface area contributed by atoms with Gasteiger partial charge in [-0.05, 0) is 43.6 Å². The van der Waals surface area contributed by atoms with Crippen molar-refractivity contribution in [3.05, 3.63) is 35.4 Å². The second-order valence-electron chi connectivity index (χ2n) is 5.66. The number of hydrogen-bond donors (Lipinski definition) is 1. The molecule has 20 heavy (non-hydrogen) atoms. The van der Waals surface area contributed by atoms with E-state index in [1.165, 1.54) is 0 Å². The molecule has 0 saturated carbocycles. The molecule has 1 aliphatic heterocycles. The molecule has 1 unspecified atom stereocenters. The van der Waals surface area contributed by atoms with Crippen molar-refractivity contribution in [2.75, 3.05) is 33.2 Å². The van der Waals surface area contributed by atoms with E-state index in [0.29, 0.717) is 12.5 Å². The zero-order valence-electron chi connectivity index (χ0n) is 12.5. The summed E-state index contributed by atoms with van der Waals surface area (Å²) in [6.07, 6.45) is 1.11. The summed E-state index contributed by atoms with van der Waals surface area (Å²) in [6, 6.07) is 7.64. The Bertz CT molecular complexity index is 444. The molecule has 1 aliphatic rings. The average Bonchev–Trinajstić information content (AvgIpc) is 2.95. The van der Waals surface area contributed by atoms with Crippen LogP contribution in [0, 0.1) is 5.92 Å². The molecule has 1 heterocycles. The van der Waals surface area contributed by atoms with Gasteiger partial charge >= 0.3 is 0 Å². The van der Waals surface area contributed by atoms with Crippen LogP contribution in [0.15, 0.2) is 24.3 Å². The van der Waals surface area contributed by atoms with E-state index in [4.69, 9.17) is 5.73 Å². The molecule has 4 nitrogen and oxygen atoms in total. The van der Waals surface area contributed by atoms with Gasteiger partial charge in [-0.25, -0.2) is 0 Å². The molecule has 2 N–H and O–H groups in total. The zero-order chi connectivity index (χ0) is 14.5. The van der Waals surface area contributed by atoms with E-state index in [9.17, 15) is 4.79 Å². The van der Waals surface area contributed by atoms with Crippen molar-refractivity contribution in [3.63, 3.8) is 0 Å². The molecule has 1 atom stereocenters. The van der Waals surface area contributed by atoms with E-state index in [1.54, 1.807) is 0 Å². The number of nitrogens with zero attached hydrogens (tertiary/aromatic N) is 2. The van der Waals surface area contributed by atoms with Crippen LogP contribution in [0.25, 0.3) is 0 Å². The lowest BCUT2D eigenvalue weighted by Crippen LogP contribution is -2.31. The monoisotopic (exact) mass is 275 g/mol. The fourth-order valence-electron chi connectivity index (χ4n) is 2.70. The number of carbonyl (C=O) groups excluding carboxylic acids is 1. The minimum atomic E-state index is 0.148. The number of rotatable bonds is 5. The molecule has 1 saturated heterocycles. The van der Waals surface area contributed by atoms with Crippen molar-refractivity contribution >= 4 is 5.91 Å². The van der Waals surface area contributed by atoms with Crippen LogP contribution >= 0.6 is 0 Å². The number of hydrogen-bond acceptors (Lipinski definition) is 3. The van der Waals surface area contributed by atoms with Gasteiger partial charge in [0.2, 0.25) is 0 Å². The zero-order valence-corrected chi connectivity index (χ0v) is 12.5. The van der Waals surface area contributed by atoms with Gasteiger partial charge in [-0.1, -0.05) is 19.1 Å². The highest BCUT2D eigenvalue weighted by Crippen LogP contribution is 2.19. The van der Waals surface area contributed by atoms with Gasteiger partial charge in [0.25, 0.3) is 5.91 Å². The Balaban J connectivity index is 1.93. The smallest absolute Gasteiger partial charge is 0.253 e. The number of nitrogens with two attached hydrogens (primary N) is 1. The molecule has 0 spiro atoms. The largest absolute Gasteiger partial charge is 0.338 e. The summed E-state index contributed by atoms with van der Waals surface area (Å²) < 4.78 is 0. The Kier molecular flexibility index (Phi) is 5.15. The van der Waals surface area contributed by atoms with Crippen molar-refractivity contribution in [2.24, 2.45) is 11.7 Å². The second kappa shape index (κ2) is 6.86. The van der Waals surface area contributed by atoms with Crippen molar-refractivity contribution < 1.29 is 4.79 Å². The molecule has 110 valence electrons. The number of carbonyl (C=O) groups is 1. The van der Waals surface area contributed by atoms with Crippen molar-refractivity contribution in [3.8, 4) is 0 Å². The van der Waals surface area contributed by atoms with E-state index < -0.39 is 0 Å². The molecule has 0 aromatic heterocycles. The van der Waals surface area contributed by atoms with Gasteiger partial charge < -0.3 is 15.5 Å². The minimum absolute atomic E-state index is 0.148. The van der Waals surface area contributed by atoms with E-state index >= 15 is 0 Å². The molecule has 0 bridgehead atoms. The average molecular weight is 275 g/mol. The molecule has 0 aliphatic carbocycles. The molecule has 4 heteroatoms. The van der Waals surface area contributed by atoms with Gasteiger partial charge in [0.05, 0.1) is 0 Å². The van der Waals surface area contributed by atoms with Crippen LogP contribution in [-0.2, 0) is 6.54 Å². The maximum Gasteiger partial charge on any atom is 0.253 e. The molecular formula is C16H25N3O. The highest BCUT2D eigenvalue weighted by molar-refractivity contribution is 5.94. The van der Waals surface area contributed by atoms with Crippen LogP contribution in [0.4, 0.5) is 0 Å². The first-order valence-corrected chi connectivity index (χ1v) is 7.40. The summed E-state index contributed by atoms with van der Waals surface area (Å²) in [7, 11) is 2.13. The molecule has 2 rings (SSSR count). The summed E-state index contributed by atoms with van der Waals surface area (Å²) in [5.41, 5.74) is 7.41. The van der Waals surface area contributed by atoms with Crippen LogP contribution in [0.5, 0.6) is 0 Å². The summed E-state index contributed by atoms with van der Waals surface area (Å²) in [4.78, 5) is 16.7. The summed E-state index contributed by atoms with van der Waals surface area (Å²) >= 11 is 0. The lowest BCUT2D eigenvalue weighted by Gasteiger charge is -2.20. The maximum absolute atomic E-state index is 12.4. The first-order valence-electron chi connectivity index (χ1n) is 7.40. The molecule has 1 amide bonds. The second-order valence-corrected chi connectivity index (χ2v) is 5.66. The van der Waals surface area contributed by atoms with Crippen LogP contribution < -0.4 is 5.73 Å². The molecule has 1 aromatic rings. The fourth-order valence-corrected chi connectivity index (χ4v) is 2.70. The number of likely N-dealkylation sites (tertiary alicyclic amines) is 1. The van der Waals surface area contributed by atoms with E-state index in [2.05, 4.69) is 18.9 Å². The fraction of sp³-hybridized carbons (Fsp3) is 0.562. The molecule has 0 radical (unpaired) electrons. The van der Waals surface area contributed by atoms with Crippen LogP contribution in [-0.4, -0.2) is 48.9 Å². The lowest BCUT2D eigenvalue weighted by atomic mass is 10.1.